The first kappa shape index (κ1) is 24.1. The highest BCUT2D eigenvalue weighted by molar-refractivity contribution is 6.32. The number of ether oxygens (including phenoxy) is 3. The molecule has 172 valence electrons. The SMILES string of the molecule is COCCCOc1cc2c(cc1Cl)-c1cc(=O)c(C(=O)N=O)cn1C(C(C)(C)COC)C2. The highest BCUT2D eigenvalue weighted by atomic mass is 35.5. The Hall–Kier alpha value is -2.55. The van der Waals surface area contributed by atoms with Gasteiger partial charge in [-0.3, -0.25) is 9.59 Å². The third-order valence-electron chi connectivity index (χ3n) is 5.74. The molecule has 0 N–H and O–H groups in total. The number of pyridine rings is 1. The average Bonchev–Trinajstić information content (AvgIpc) is 2.75. The number of carbonyl (C=O) groups is 1. The van der Waals surface area contributed by atoms with Gasteiger partial charge in [-0.15, -0.1) is 4.91 Å². The molecule has 0 saturated carbocycles. The van der Waals surface area contributed by atoms with Crippen LogP contribution >= 0.6 is 11.6 Å². The fourth-order valence-corrected chi connectivity index (χ4v) is 4.38. The quantitative estimate of drug-likeness (QED) is 0.408. The van der Waals surface area contributed by atoms with Gasteiger partial charge in [-0.2, -0.15) is 0 Å². The Morgan fingerprint density at radius 3 is 2.62 bits per heavy atom. The predicted octanol–water partition coefficient (Wildman–Crippen LogP) is 4.26. The summed E-state index contributed by atoms with van der Waals surface area (Å²) < 4.78 is 18.2. The normalized spacial score (nSPS) is 15.1. The van der Waals surface area contributed by atoms with Crippen LogP contribution < -0.4 is 10.2 Å². The summed E-state index contributed by atoms with van der Waals surface area (Å²) in [6, 6.07) is 4.88. The molecule has 0 spiro atoms. The van der Waals surface area contributed by atoms with Crippen LogP contribution in [0.1, 0.15) is 42.2 Å². The second-order valence-electron chi connectivity index (χ2n) is 8.52. The van der Waals surface area contributed by atoms with Gasteiger partial charge in [0.1, 0.15) is 11.3 Å². The smallest absolute Gasteiger partial charge is 0.322 e. The van der Waals surface area contributed by atoms with Crippen LogP contribution in [-0.2, 0) is 15.9 Å². The lowest BCUT2D eigenvalue weighted by molar-refractivity contribution is 0.0623. The van der Waals surface area contributed by atoms with Crippen molar-refractivity contribution >= 4 is 17.5 Å². The van der Waals surface area contributed by atoms with Gasteiger partial charge in [-0.05, 0) is 24.1 Å². The van der Waals surface area contributed by atoms with Gasteiger partial charge >= 0.3 is 5.91 Å². The maximum absolute atomic E-state index is 12.6. The van der Waals surface area contributed by atoms with Crippen LogP contribution in [0.25, 0.3) is 11.3 Å². The summed E-state index contributed by atoms with van der Waals surface area (Å²) in [7, 11) is 3.26. The number of hydrogen-bond donors (Lipinski definition) is 0. The predicted molar refractivity (Wildman–Crippen MR) is 122 cm³/mol. The summed E-state index contributed by atoms with van der Waals surface area (Å²) in [4.78, 5) is 35.3. The minimum Gasteiger partial charge on any atom is -0.492 e. The fraction of sp³-hybridized carbons (Fsp3) is 0.478. The molecule has 32 heavy (non-hydrogen) atoms. The number of aromatic nitrogens is 1. The van der Waals surface area contributed by atoms with Crippen LogP contribution in [-0.4, -0.2) is 44.5 Å². The average molecular weight is 463 g/mol. The molecule has 0 fully saturated rings. The number of carbonyl (C=O) groups excluding carboxylic acids is 1. The largest absolute Gasteiger partial charge is 0.492 e. The number of hydrogen-bond acceptors (Lipinski definition) is 6. The number of halogens is 1. The number of nitrogens with zero attached hydrogens (tertiary/aromatic N) is 2. The van der Waals surface area contributed by atoms with Gasteiger partial charge in [-0.1, -0.05) is 25.4 Å². The lowest BCUT2D eigenvalue weighted by atomic mass is 9.78. The van der Waals surface area contributed by atoms with Crippen molar-refractivity contribution in [3.63, 3.8) is 0 Å². The van der Waals surface area contributed by atoms with Gasteiger partial charge in [0.25, 0.3) is 0 Å². The number of rotatable bonds is 9. The van der Waals surface area contributed by atoms with E-state index in [1.807, 2.05) is 24.5 Å². The van der Waals surface area contributed by atoms with Gasteiger partial charge in [0.2, 0.25) is 0 Å². The first-order valence-corrected chi connectivity index (χ1v) is 10.7. The zero-order valence-corrected chi connectivity index (χ0v) is 19.4. The monoisotopic (exact) mass is 462 g/mol. The summed E-state index contributed by atoms with van der Waals surface area (Å²) in [5, 5.41) is 2.85. The van der Waals surface area contributed by atoms with E-state index >= 15 is 0 Å². The Morgan fingerprint density at radius 1 is 1.22 bits per heavy atom. The Labute approximate surface area is 191 Å². The standard InChI is InChI=1S/C23H27ClN2O6/c1-23(2,13-31-4)21-9-14-8-20(32-7-5-6-30-3)17(24)10-15(14)18-11-19(27)16(12-26(18)21)22(28)25-29/h8,10-12,21H,5-7,9,13H2,1-4H3. The lowest BCUT2D eigenvalue weighted by Gasteiger charge is -2.40. The minimum atomic E-state index is -1.09. The molecular weight excluding hydrogens is 436 g/mol. The van der Waals surface area contributed by atoms with E-state index in [0.717, 1.165) is 17.5 Å². The minimum absolute atomic E-state index is 0.161. The molecular formula is C23H27ClN2O6. The summed E-state index contributed by atoms with van der Waals surface area (Å²) >= 11 is 6.49. The van der Waals surface area contributed by atoms with Crippen molar-refractivity contribution in [2.24, 2.45) is 10.6 Å². The third-order valence-corrected chi connectivity index (χ3v) is 6.04. The molecule has 1 aromatic heterocycles. The molecule has 1 unspecified atom stereocenters. The molecule has 1 aliphatic rings. The second-order valence-corrected chi connectivity index (χ2v) is 8.92. The second kappa shape index (κ2) is 9.94. The van der Waals surface area contributed by atoms with Crippen molar-refractivity contribution in [1.29, 1.82) is 0 Å². The molecule has 2 heterocycles. The fourth-order valence-electron chi connectivity index (χ4n) is 4.16. The van der Waals surface area contributed by atoms with Crippen molar-refractivity contribution in [2.75, 3.05) is 34.0 Å². The number of benzene rings is 1. The van der Waals surface area contributed by atoms with E-state index in [0.29, 0.717) is 42.7 Å². The number of fused-ring (bicyclic) bond motifs is 3. The van der Waals surface area contributed by atoms with E-state index in [1.54, 1.807) is 20.3 Å². The van der Waals surface area contributed by atoms with E-state index in [4.69, 9.17) is 25.8 Å². The molecule has 9 heteroatoms. The summed E-state index contributed by atoms with van der Waals surface area (Å²) in [6.07, 6.45) is 2.75. The number of nitroso groups, excluding NO2 is 1. The highest BCUT2D eigenvalue weighted by Gasteiger charge is 2.37. The van der Waals surface area contributed by atoms with E-state index in [-0.39, 0.29) is 17.0 Å². The van der Waals surface area contributed by atoms with Gasteiger partial charge in [-0.25, -0.2) is 0 Å². The molecule has 0 radical (unpaired) electrons. The Kier molecular flexibility index (Phi) is 7.48. The van der Waals surface area contributed by atoms with Crippen LogP contribution in [0, 0.1) is 10.3 Å². The van der Waals surface area contributed by atoms with Crippen LogP contribution in [0.2, 0.25) is 5.02 Å². The number of amides is 1. The van der Waals surface area contributed by atoms with Gasteiger partial charge in [0.15, 0.2) is 5.43 Å². The lowest BCUT2D eigenvalue weighted by Crippen LogP contribution is -2.37. The molecule has 0 saturated heterocycles. The maximum Gasteiger partial charge on any atom is 0.322 e. The molecule has 1 aromatic carbocycles. The highest BCUT2D eigenvalue weighted by Crippen LogP contribution is 2.45. The molecule has 3 rings (SSSR count). The summed E-state index contributed by atoms with van der Waals surface area (Å²) in [5.41, 5.74) is 1.18. The van der Waals surface area contributed by atoms with Crippen LogP contribution in [0.4, 0.5) is 0 Å². The molecule has 2 aromatic rings. The first-order valence-electron chi connectivity index (χ1n) is 10.3. The van der Waals surface area contributed by atoms with Gasteiger partial charge in [0, 0.05) is 61.7 Å². The van der Waals surface area contributed by atoms with Crippen molar-refractivity contribution in [3.05, 3.63) is 55.7 Å². The van der Waals surface area contributed by atoms with E-state index in [2.05, 4.69) is 5.18 Å². The van der Waals surface area contributed by atoms with E-state index < -0.39 is 11.3 Å². The van der Waals surface area contributed by atoms with Gasteiger partial charge in [0.05, 0.1) is 23.9 Å². The topological polar surface area (TPSA) is 96.2 Å². The zero-order valence-electron chi connectivity index (χ0n) is 18.6. The van der Waals surface area contributed by atoms with Crippen molar-refractivity contribution in [3.8, 4) is 17.0 Å². The Bertz CT molecular complexity index is 1080. The van der Waals surface area contributed by atoms with Crippen molar-refractivity contribution in [1.82, 2.24) is 4.57 Å². The number of methoxy groups -OCH3 is 2. The molecule has 1 aliphatic heterocycles. The molecule has 0 bridgehead atoms. The zero-order chi connectivity index (χ0) is 23.5. The Balaban J connectivity index is 2.14. The van der Waals surface area contributed by atoms with Crippen LogP contribution in [0.15, 0.2) is 34.4 Å². The van der Waals surface area contributed by atoms with Crippen molar-refractivity contribution in [2.45, 2.75) is 32.7 Å². The van der Waals surface area contributed by atoms with Gasteiger partial charge < -0.3 is 18.8 Å². The first-order chi connectivity index (χ1) is 15.2. The molecule has 1 amide bonds. The van der Waals surface area contributed by atoms with E-state index in [1.165, 1.54) is 12.3 Å². The Morgan fingerprint density at radius 2 is 1.97 bits per heavy atom. The summed E-state index contributed by atoms with van der Waals surface area (Å²) in [5.74, 6) is -0.519. The summed E-state index contributed by atoms with van der Waals surface area (Å²) in [6.45, 7) is 5.59. The third kappa shape index (κ3) is 4.77. The van der Waals surface area contributed by atoms with Crippen LogP contribution in [0.5, 0.6) is 5.75 Å². The van der Waals surface area contributed by atoms with Crippen LogP contribution in [0.3, 0.4) is 0 Å². The molecule has 0 aliphatic carbocycles. The molecule has 8 nitrogen and oxygen atoms in total. The molecule has 1 atom stereocenters. The van der Waals surface area contributed by atoms with Crippen molar-refractivity contribution < 1.29 is 19.0 Å². The maximum atomic E-state index is 12.6. The van der Waals surface area contributed by atoms with E-state index in [9.17, 15) is 14.5 Å².